The summed E-state index contributed by atoms with van der Waals surface area (Å²) in [5.41, 5.74) is 0.405. The fourth-order valence-corrected chi connectivity index (χ4v) is 1.38. The van der Waals surface area contributed by atoms with Gasteiger partial charge in [0.2, 0.25) is 0 Å². The van der Waals surface area contributed by atoms with Crippen LogP contribution < -0.4 is 10.1 Å². The van der Waals surface area contributed by atoms with Crippen molar-refractivity contribution in [3.63, 3.8) is 0 Å². The molecule has 0 bridgehead atoms. The third-order valence-electron chi connectivity index (χ3n) is 2.21. The summed E-state index contributed by atoms with van der Waals surface area (Å²) in [5, 5.41) is 2.14. The summed E-state index contributed by atoms with van der Waals surface area (Å²) in [6.07, 6.45) is -0.796. The van der Waals surface area contributed by atoms with Crippen LogP contribution in [-0.4, -0.2) is 12.0 Å². The Hall–Kier alpha value is -2.62. The molecule has 0 saturated heterocycles. The Morgan fingerprint density at radius 2 is 1.39 bits per heavy atom. The normalized spacial score (nSPS) is 9.56. The van der Waals surface area contributed by atoms with Crippen molar-refractivity contribution in [2.24, 2.45) is 0 Å². The van der Waals surface area contributed by atoms with E-state index in [0.29, 0.717) is 11.3 Å². The number of rotatable bonds is 2. The van der Waals surface area contributed by atoms with Gasteiger partial charge in [-0.2, -0.15) is 0 Å². The van der Waals surface area contributed by atoms with E-state index >= 15 is 0 Å². The summed E-state index contributed by atoms with van der Waals surface area (Å²) in [5.74, 6) is -0.104. The molecule has 0 unspecified atom stereocenters. The quantitative estimate of drug-likeness (QED) is 0.879. The van der Waals surface area contributed by atoms with Crippen LogP contribution in [0.1, 0.15) is 10.4 Å². The molecule has 0 aliphatic rings. The Bertz CT molecular complexity index is 537. The van der Waals surface area contributed by atoms with Gasteiger partial charge in [-0.25, -0.2) is 4.79 Å². The Labute approximate surface area is 104 Å². The molecular formula is C14H11NO3. The molecule has 2 rings (SSSR count). The van der Waals surface area contributed by atoms with Crippen molar-refractivity contribution in [2.75, 3.05) is 0 Å². The predicted molar refractivity (Wildman–Crippen MR) is 66.4 cm³/mol. The Balaban J connectivity index is 1.94. The fraction of sp³-hybridized carbons (Fsp3) is 0. The van der Waals surface area contributed by atoms with Crippen molar-refractivity contribution in [1.82, 2.24) is 5.32 Å². The molecule has 1 N–H and O–H groups in total. The first-order valence-electron chi connectivity index (χ1n) is 5.39. The second-order valence-corrected chi connectivity index (χ2v) is 3.52. The molecule has 0 spiro atoms. The van der Waals surface area contributed by atoms with E-state index in [2.05, 4.69) is 5.32 Å². The molecule has 0 fully saturated rings. The van der Waals surface area contributed by atoms with Gasteiger partial charge >= 0.3 is 6.09 Å². The Kier molecular flexibility index (Phi) is 3.71. The predicted octanol–water partition coefficient (Wildman–Crippen LogP) is 2.62. The monoisotopic (exact) mass is 241 g/mol. The van der Waals surface area contributed by atoms with Crippen LogP contribution >= 0.6 is 0 Å². The molecule has 18 heavy (non-hydrogen) atoms. The van der Waals surface area contributed by atoms with Gasteiger partial charge in [0.15, 0.2) is 0 Å². The summed E-state index contributed by atoms with van der Waals surface area (Å²) in [6.45, 7) is 0. The van der Waals surface area contributed by atoms with Crippen LogP contribution in [0.15, 0.2) is 60.7 Å². The van der Waals surface area contributed by atoms with E-state index in [1.807, 2.05) is 0 Å². The van der Waals surface area contributed by atoms with Crippen molar-refractivity contribution < 1.29 is 14.3 Å². The topological polar surface area (TPSA) is 55.4 Å². The number of carbonyl (C=O) groups is 2. The van der Waals surface area contributed by atoms with Crippen LogP contribution in [-0.2, 0) is 0 Å². The maximum Gasteiger partial charge on any atom is 0.419 e. The summed E-state index contributed by atoms with van der Waals surface area (Å²) in [7, 11) is 0. The van der Waals surface area contributed by atoms with E-state index in [1.165, 1.54) is 0 Å². The summed E-state index contributed by atoms with van der Waals surface area (Å²) >= 11 is 0. The van der Waals surface area contributed by atoms with E-state index in [0.717, 1.165) is 0 Å². The van der Waals surface area contributed by atoms with E-state index in [4.69, 9.17) is 4.74 Å². The van der Waals surface area contributed by atoms with Crippen molar-refractivity contribution in [1.29, 1.82) is 0 Å². The van der Waals surface area contributed by atoms with Crippen molar-refractivity contribution >= 4 is 12.0 Å². The molecule has 0 aromatic heterocycles. The highest BCUT2D eigenvalue weighted by Crippen LogP contribution is 2.08. The second kappa shape index (κ2) is 5.63. The second-order valence-electron chi connectivity index (χ2n) is 3.52. The van der Waals surface area contributed by atoms with E-state index < -0.39 is 12.0 Å². The van der Waals surface area contributed by atoms with E-state index in [1.54, 1.807) is 60.7 Å². The fourth-order valence-electron chi connectivity index (χ4n) is 1.38. The van der Waals surface area contributed by atoms with Gasteiger partial charge in [-0.15, -0.1) is 0 Å². The van der Waals surface area contributed by atoms with Crippen LogP contribution in [0.3, 0.4) is 0 Å². The molecule has 90 valence electrons. The van der Waals surface area contributed by atoms with Crippen LogP contribution in [0, 0.1) is 0 Å². The summed E-state index contributed by atoms with van der Waals surface area (Å²) < 4.78 is 4.94. The van der Waals surface area contributed by atoms with Crippen LogP contribution in [0.25, 0.3) is 0 Å². The lowest BCUT2D eigenvalue weighted by Crippen LogP contribution is -2.32. The molecule has 0 heterocycles. The first-order valence-corrected chi connectivity index (χ1v) is 5.39. The molecule has 4 heteroatoms. The number of amides is 2. The molecule has 2 aromatic carbocycles. The molecule has 4 nitrogen and oxygen atoms in total. The van der Waals surface area contributed by atoms with Gasteiger partial charge < -0.3 is 4.74 Å². The smallest absolute Gasteiger partial charge is 0.410 e. The van der Waals surface area contributed by atoms with Crippen LogP contribution in [0.2, 0.25) is 0 Å². The number of imide groups is 1. The average molecular weight is 241 g/mol. The largest absolute Gasteiger partial charge is 0.419 e. The minimum atomic E-state index is -0.796. The van der Waals surface area contributed by atoms with Gasteiger partial charge in [-0.05, 0) is 24.3 Å². The Morgan fingerprint density at radius 1 is 0.833 bits per heavy atom. The third kappa shape index (κ3) is 3.18. The number of hydrogen-bond donors (Lipinski definition) is 1. The molecule has 2 amide bonds. The van der Waals surface area contributed by atoms with Crippen molar-refractivity contribution in [3.05, 3.63) is 66.2 Å². The zero-order chi connectivity index (χ0) is 12.8. The molecule has 0 radical (unpaired) electrons. The van der Waals surface area contributed by atoms with Crippen molar-refractivity contribution in [3.8, 4) is 5.75 Å². The van der Waals surface area contributed by atoms with Gasteiger partial charge in [0.25, 0.3) is 5.91 Å². The number of para-hydroxylation sites is 1. The number of ether oxygens (including phenoxy) is 1. The lowest BCUT2D eigenvalue weighted by atomic mass is 10.2. The molecule has 0 atom stereocenters. The van der Waals surface area contributed by atoms with Gasteiger partial charge in [-0.3, -0.25) is 10.1 Å². The molecule has 2 aromatic rings. The average Bonchev–Trinajstić information content (AvgIpc) is 2.40. The highest BCUT2D eigenvalue weighted by molar-refractivity contribution is 6.03. The first-order chi connectivity index (χ1) is 8.75. The third-order valence-corrected chi connectivity index (χ3v) is 2.21. The molecular weight excluding hydrogens is 230 g/mol. The van der Waals surface area contributed by atoms with Gasteiger partial charge in [-0.1, -0.05) is 36.4 Å². The molecule has 0 aliphatic carbocycles. The summed E-state index contributed by atoms with van der Waals surface area (Å²) in [6, 6.07) is 17.0. The number of carbonyl (C=O) groups excluding carboxylic acids is 2. The van der Waals surface area contributed by atoms with E-state index in [-0.39, 0.29) is 0 Å². The van der Waals surface area contributed by atoms with Crippen molar-refractivity contribution in [2.45, 2.75) is 0 Å². The molecule has 0 saturated carbocycles. The molecule has 0 aliphatic heterocycles. The van der Waals surface area contributed by atoms with E-state index in [9.17, 15) is 9.59 Å². The maximum atomic E-state index is 11.6. The SMILES string of the molecule is O=C(NC(=O)c1ccccc1)Oc1ccccc1. The standard InChI is InChI=1S/C14H11NO3/c16-13(11-7-3-1-4-8-11)15-14(17)18-12-9-5-2-6-10-12/h1-10H,(H,15,16,17). The minimum Gasteiger partial charge on any atom is -0.410 e. The highest BCUT2D eigenvalue weighted by atomic mass is 16.6. The minimum absolute atomic E-state index is 0.385. The van der Waals surface area contributed by atoms with Gasteiger partial charge in [0, 0.05) is 5.56 Å². The maximum absolute atomic E-state index is 11.6. The number of benzene rings is 2. The number of nitrogens with one attached hydrogen (secondary N) is 1. The zero-order valence-corrected chi connectivity index (χ0v) is 9.50. The first kappa shape index (κ1) is 11.9. The highest BCUT2D eigenvalue weighted by Gasteiger charge is 2.11. The van der Waals surface area contributed by atoms with Crippen LogP contribution in [0.4, 0.5) is 4.79 Å². The summed E-state index contributed by atoms with van der Waals surface area (Å²) in [4.78, 5) is 23.1. The van der Waals surface area contributed by atoms with Gasteiger partial charge in [0.05, 0.1) is 0 Å². The number of hydrogen-bond acceptors (Lipinski definition) is 3. The van der Waals surface area contributed by atoms with Gasteiger partial charge in [0.1, 0.15) is 5.75 Å². The Morgan fingerprint density at radius 3 is 2.00 bits per heavy atom. The lowest BCUT2D eigenvalue weighted by Gasteiger charge is -2.05. The van der Waals surface area contributed by atoms with Crippen LogP contribution in [0.5, 0.6) is 5.75 Å². The zero-order valence-electron chi connectivity index (χ0n) is 9.50. The lowest BCUT2D eigenvalue weighted by molar-refractivity contribution is 0.0951.